The van der Waals surface area contributed by atoms with Crippen LogP contribution in [0.4, 0.5) is 0 Å². The third kappa shape index (κ3) is 4.64. The van der Waals surface area contributed by atoms with Crippen molar-refractivity contribution in [2.24, 2.45) is 5.73 Å². The number of thiazole rings is 1. The molecule has 0 aliphatic heterocycles. The van der Waals surface area contributed by atoms with Crippen molar-refractivity contribution in [1.82, 2.24) is 10.3 Å². The summed E-state index contributed by atoms with van der Waals surface area (Å²) in [6.07, 6.45) is 2.46. The molecule has 2 aromatic rings. The van der Waals surface area contributed by atoms with Gasteiger partial charge in [0.2, 0.25) is 5.91 Å². The molecule has 0 fully saturated rings. The van der Waals surface area contributed by atoms with Crippen LogP contribution in [0.3, 0.4) is 0 Å². The number of nitrogens with zero attached hydrogens (tertiary/aromatic N) is 1. The van der Waals surface area contributed by atoms with Crippen molar-refractivity contribution in [3.8, 4) is 11.3 Å². The molecule has 0 radical (unpaired) electrons. The van der Waals surface area contributed by atoms with Gasteiger partial charge in [0, 0.05) is 17.5 Å². The van der Waals surface area contributed by atoms with Crippen LogP contribution in [0.1, 0.15) is 30.3 Å². The summed E-state index contributed by atoms with van der Waals surface area (Å²) < 4.78 is 0. The second-order valence-corrected chi connectivity index (χ2v) is 6.45. The minimum atomic E-state index is -0.389. The summed E-state index contributed by atoms with van der Waals surface area (Å²) >= 11 is 1.66. The van der Waals surface area contributed by atoms with Crippen LogP contribution >= 0.6 is 11.3 Å². The molecule has 1 heterocycles. The molecule has 0 aliphatic carbocycles. The molecule has 118 valence electrons. The first-order valence-corrected chi connectivity index (χ1v) is 8.53. The van der Waals surface area contributed by atoms with E-state index in [-0.39, 0.29) is 11.9 Å². The fourth-order valence-electron chi connectivity index (χ4n) is 2.24. The predicted octanol–water partition coefficient (Wildman–Crippen LogP) is 2.90. The number of aromatic nitrogens is 1. The average molecular weight is 317 g/mol. The number of nitrogens with one attached hydrogen (secondary N) is 1. The van der Waals surface area contributed by atoms with Gasteiger partial charge in [-0.15, -0.1) is 11.3 Å². The fourth-order valence-corrected chi connectivity index (χ4v) is 2.86. The van der Waals surface area contributed by atoms with E-state index in [2.05, 4.69) is 39.9 Å². The number of carbonyl (C=O) groups excluding carboxylic acids is 1. The first-order chi connectivity index (χ1) is 10.6. The number of rotatable bonds is 7. The Morgan fingerprint density at radius 2 is 2.09 bits per heavy atom. The highest BCUT2D eigenvalue weighted by atomic mass is 32.1. The quantitative estimate of drug-likeness (QED) is 0.825. The fraction of sp³-hybridized carbons (Fsp3) is 0.412. The van der Waals surface area contributed by atoms with Gasteiger partial charge in [-0.05, 0) is 25.3 Å². The highest BCUT2D eigenvalue weighted by Gasteiger charge is 2.11. The molecular weight excluding hydrogens is 294 g/mol. The van der Waals surface area contributed by atoms with Crippen molar-refractivity contribution >= 4 is 17.2 Å². The molecule has 4 nitrogen and oxygen atoms in total. The summed E-state index contributed by atoms with van der Waals surface area (Å²) in [5.74, 6) is -0.0589. The predicted molar refractivity (Wildman–Crippen MR) is 91.9 cm³/mol. The van der Waals surface area contributed by atoms with Gasteiger partial charge in [0.15, 0.2) is 0 Å². The lowest BCUT2D eigenvalue weighted by Crippen LogP contribution is -2.41. The van der Waals surface area contributed by atoms with Gasteiger partial charge < -0.3 is 11.1 Å². The molecule has 2 rings (SSSR count). The summed E-state index contributed by atoms with van der Waals surface area (Å²) in [6.45, 7) is 4.65. The summed E-state index contributed by atoms with van der Waals surface area (Å²) in [5, 5.41) is 6.03. The maximum absolute atomic E-state index is 11.7. The van der Waals surface area contributed by atoms with E-state index in [1.807, 2.05) is 13.8 Å². The maximum Gasteiger partial charge on any atom is 0.236 e. The van der Waals surface area contributed by atoms with Crippen LogP contribution in [-0.2, 0) is 11.2 Å². The molecule has 22 heavy (non-hydrogen) atoms. The van der Waals surface area contributed by atoms with Gasteiger partial charge in [-0.1, -0.05) is 37.6 Å². The Morgan fingerprint density at radius 1 is 1.36 bits per heavy atom. The molecule has 0 saturated carbocycles. The van der Waals surface area contributed by atoms with E-state index in [1.165, 1.54) is 5.56 Å². The molecule has 0 spiro atoms. The maximum atomic E-state index is 11.7. The number of benzene rings is 1. The minimum absolute atomic E-state index is 0.0589. The minimum Gasteiger partial charge on any atom is -0.354 e. The van der Waals surface area contributed by atoms with E-state index in [1.54, 1.807) is 11.3 Å². The Morgan fingerprint density at radius 3 is 2.68 bits per heavy atom. The largest absolute Gasteiger partial charge is 0.354 e. The summed E-state index contributed by atoms with van der Waals surface area (Å²) in [4.78, 5) is 16.2. The van der Waals surface area contributed by atoms with Crippen LogP contribution in [-0.4, -0.2) is 23.5 Å². The zero-order valence-electron chi connectivity index (χ0n) is 13.1. The number of hydrogen-bond donors (Lipinski definition) is 2. The third-order valence-corrected chi connectivity index (χ3v) is 4.29. The molecule has 3 N–H and O–H groups in total. The van der Waals surface area contributed by atoms with Gasteiger partial charge in [0.1, 0.15) is 0 Å². The van der Waals surface area contributed by atoms with Crippen LogP contribution in [0, 0.1) is 6.92 Å². The summed E-state index contributed by atoms with van der Waals surface area (Å²) in [7, 11) is 0. The molecule has 1 aromatic carbocycles. The van der Waals surface area contributed by atoms with Crippen molar-refractivity contribution in [3.63, 3.8) is 0 Å². The van der Waals surface area contributed by atoms with Crippen LogP contribution in [0.15, 0.2) is 29.6 Å². The van der Waals surface area contributed by atoms with E-state index in [9.17, 15) is 4.79 Å². The number of nitrogens with two attached hydrogens (primary N) is 1. The molecule has 0 bridgehead atoms. The number of amides is 1. The highest BCUT2D eigenvalue weighted by Crippen LogP contribution is 2.21. The van der Waals surface area contributed by atoms with Crippen molar-refractivity contribution in [2.75, 3.05) is 6.54 Å². The van der Waals surface area contributed by atoms with Crippen molar-refractivity contribution < 1.29 is 4.79 Å². The molecule has 1 unspecified atom stereocenters. The van der Waals surface area contributed by atoms with Crippen molar-refractivity contribution in [3.05, 3.63) is 40.2 Å². The monoisotopic (exact) mass is 317 g/mol. The Labute approximate surface area is 135 Å². The second kappa shape index (κ2) is 8.06. The van der Waals surface area contributed by atoms with Crippen LogP contribution in [0.2, 0.25) is 0 Å². The van der Waals surface area contributed by atoms with E-state index in [0.29, 0.717) is 6.54 Å². The van der Waals surface area contributed by atoms with E-state index in [0.717, 1.165) is 35.5 Å². The van der Waals surface area contributed by atoms with E-state index < -0.39 is 0 Å². The smallest absolute Gasteiger partial charge is 0.236 e. The molecular formula is C17H23N3OS. The Kier molecular flexibility index (Phi) is 6.10. The van der Waals surface area contributed by atoms with E-state index >= 15 is 0 Å². The molecule has 5 heteroatoms. The van der Waals surface area contributed by atoms with Gasteiger partial charge >= 0.3 is 0 Å². The summed E-state index contributed by atoms with van der Waals surface area (Å²) in [5.41, 5.74) is 9.12. The lowest BCUT2D eigenvalue weighted by atomic mass is 10.1. The normalized spacial score (nSPS) is 12.1. The highest BCUT2D eigenvalue weighted by molar-refractivity contribution is 7.09. The van der Waals surface area contributed by atoms with Gasteiger partial charge in [-0.3, -0.25) is 4.79 Å². The van der Waals surface area contributed by atoms with Crippen molar-refractivity contribution in [1.29, 1.82) is 0 Å². The molecule has 1 atom stereocenters. The molecule has 1 amide bonds. The topological polar surface area (TPSA) is 68.0 Å². The first kappa shape index (κ1) is 16.6. The number of carbonyl (C=O) groups is 1. The standard InChI is InChI=1S/C17H23N3OS/c1-3-4-15(18)17(21)19-10-9-13-5-7-14(8-6-13)16-11-22-12(2)20-16/h5-8,11,15H,3-4,9-10,18H2,1-2H3,(H,19,21). The zero-order chi connectivity index (χ0) is 15.9. The molecule has 0 saturated heterocycles. The van der Waals surface area contributed by atoms with Gasteiger partial charge in [0.05, 0.1) is 16.7 Å². The lowest BCUT2D eigenvalue weighted by Gasteiger charge is -2.11. The van der Waals surface area contributed by atoms with Crippen molar-refractivity contribution in [2.45, 2.75) is 39.2 Å². The van der Waals surface area contributed by atoms with E-state index in [4.69, 9.17) is 5.73 Å². The van der Waals surface area contributed by atoms with Crippen LogP contribution in [0.25, 0.3) is 11.3 Å². The van der Waals surface area contributed by atoms with Gasteiger partial charge in [-0.2, -0.15) is 0 Å². The zero-order valence-corrected chi connectivity index (χ0v) is 14.0. The Balaban J connectivity index is 1.83. The van der Waals surface area contributed by atoms with Crippen LogP contribution in [0.5, 0.6) is 0 Å². The Hall–Kier alpha value is -1.72. The second-order valence-electron chi connectivity index (χ2n) is 5.38. The van der Waals surface area contributed by atoms with Crippen LogP contribution < -0.4 is 11.1 Å². The number of aryl methyl sites for hydroxylation is 1. The first-order valence-electron chi connectivity index (χ1n) is 7.65. The lowest BCUT2D eigenvalue weighted by molar-refractivity contribution is -0.122. The van der Waals surface area contributed by atoms with Gasteiger partial charge in [-0.25, -0.2) is 4.98 Å². The van der Waals surface area contributed by atoms with Gasteiger partial charge in [0.25, 0.3) is 0 Å². The number of hydrogen-bond acceptors (Lipinski definition) is 4. The summed E-state index contributed by atoms with van der Waals surface area (Å²) in [6, 6.07) is 7.94. The Bertz CT molecular complexity index is 607. The molecule has 1 aromatic heterocycles. The third-order valence-electron chi connectivity index (χ3n) is 3.52. The molecule has 0 aliphatic rings. The average Bonchev–Trinajstić information content (AvgIpc) is 2.94. The SMILES string of the molecule is CCCC(N)C(=O)NCCc1ccc(-c2csc(C)n2)cc1.